The molecule has 1 aromatic rings. The standard InChI is InChI=1S/C11H14F2N2O/c12-10(13)7-15-11(16)6-5-8-3-1-2-4-9(8)14/h1-4,10H,5-7,14H2,(H,15,16). The Balaban J connectivity index is 2.35. The monoisotopic (exact) mass is 228 g/mol. The van der Waals surface area contributed by atoms with Crippen molar-refractivity contribution in [3.8, 4) is 0 Å². The van der Waals surface area contributed by atoms with Crippen molar-refractivity contribution in [3.63, 3.8) is 0 Å². The number of para-hydroxylation sites is 1. The lowest BCUT2D eigenvalue weighted by Crippen LogP contribution is -2.28. The van der Waals surface area contributed by atoms with Gasteiger partial charge in [0.2, 0.25) is 5.91 Å². The normalized spacial score (nSPS) is 10.4. The van der Waals surface area contributed by atoms with Crippen LogP contribution in [-0.2, 0) is 11.2 Å². The fourth-order valence-electron chi connectivity index (χ4n) is 1.29. The van der Waals surface area contributed by atoms with Gasteiger partial charge in [-0.3, -0.25) is 4.79 Å². The van der Waals surface area contributed by atoms with Crippen LogP contribution in [0, 0.1) is 0 Å². The van der Waals surface area contributed by atoms with Gasteiger partial charge in [-0.15, -0.1) is 0 Å². The van der Waals surface area contributed by atoms with Crippen LogP contribution in [0.2, 0.25) is 0 Å². The Morgan fingerprint density at radius 1 is 1.38 bits per heavy atom. The second kappa shape index (κ2) is 6.05. The molecule has 1 amide bonds. The number of halogens is 2. The van der Waals surface area contributed by atoms with Crippen molar-refractivity contribution in [2.45, 2.75) is 19.3 Å². The average molecular weight is 228 g/mol. The molecule has 1 rings (SSSR count). The van der Waals surface area contributed by atoms with Crippen LogP contribution >= 0.6 is 0 Å². The zero-order valence-corrected chi connectivity index (χ0v) is 8.75. The van der Waals surface area contributed by atoms with E-state index in [-0.39, 0.29) is 12.3 Å². The molecule has 0 spiro atoms. The van der Waals surface area contributed by atoms with Crippen molar-refractivity contribution in [2.75, 3.05) is 12.3 Å². The molecule has 1 aromatic carbocycles. The van der Waals surface area contributed by atoms with Crippen LogP contribution in [0.5, 0.6) is 0 Å². The van der Waals surface area contributed by atoms with E-state index in [1.165, 1.54) is 0 Å². The van der Waals surface area contributed by atoms with E-state index in [4.69, 9.17) is 5.73 Å². The molecule has 0 fully saturated rings. The third kappa shape index (κ3) is 4.25. The van der Waals surface area contributed by atoms with Crippen molar-refractivity contribution >= 4 is 11.6 Å². The van der Waals surface area contributed by atoms with Crippen LogP contribution in [0.25, 0.3) is 0 Å². The molecular formula is C11H14F2N2O. The maximum atomic E-state index is 11.8. The fraction of sp³-hybridized carbons (Fsp3) is 0.364. The number of aryl methyl sites for hydroxylation is 1. The second-order valence-electron chi connectivity index (χ2n) is 3.39. The summed E-state index contributed by atoms with van der Waals surface area (Å²) < 4.78 is 23.6. The Kier molecular flexibility index (Phi) is 4.69. The first kappa shape index (κ1) is 12.4. The quantitative estimate of drug-likeness (QED) is 0.752. The van der Waals surface area contributed by atoms with Gasteiger partial charge in [-0.05, 0) is 18.1 Å². The number of nitrogens with one attached hydrogen (secondary N) is 1. The van der Waals surface area contributed by atoms with Gasteiger partial charge in [0.15, 0.2) is 0 Å². The molecule has 0 saturated heterocycles. The molecule has 16 heavy (non-hydrogen) atoms. The second-order valence-corrected chi connectivity index (χ2v) is 3.39. The highest BCUT2D eigenvalue weighted by Gasteiger charge is 2.07. The predicted octanol–water partition coefficient (Wildman–Crippen LogP) is 1.58. The highest BCUT2D eigenvalue weighted by molar-refractivity contribution is 5.76. The first-order chi connectivity index (χ1) is 7.59. The highest BCUT2D eigenvalue weighted by atomic mass is 19.3. The molecule has 88 valence electrons. The molecule has 0 aliphatic rings. The Bertz CT molecular complexity index is 356. The zero-order chi connectivity index (χ0) is 12.0. The van der Waals surface area contributed by atoms with Crippen LogP contribution in [0.4, 0.5) is 14.5 Å². The minimum Gasteiger partial charge on any atom is -0.399 e. The van der Waals surface area contributed by atoms with Gasteiger partial charge in [0, 0.05) is 12.1 Å². The summed E-state index contributed by atoms with van der Waals surface area (Å²) >= 11 is 0. The summed E-state index contributed by atoms with van der Waals surface area (Å²) in [5, 5.41) is 2.14. The molecule has 0 aliphatic heterocycles. The van der Waals surface area contributed by atoms with Crippen molar-refractivity contribution in [1.82, 2.24) is 5.32 Å². The van der Waals surface area contributed by atoms with Gasteiger partial charge in [-0.2, -0.15) is 0 Å². The summed E-state index contributed by atoms with van der Waals surface area (Å²) in [7, 11) is 0. The number of nitrogens with two attached hydrogens (primary N) is 1. The maximum absolute atomic E-state index is 11.8. The lowest BCUT2D eigenvalue weighted by molar-refractivity contribution is -0.121. The van der Waals surface area contributed by atoms with Crippen LogP contribution in [0.1, 0.15) is 12.0 Å². The minimum absolute atomic E-state index is 0.168. The number of anilines is 1. The molecule has 3 nitrogen and oxygen atoms in total. The lowest BCUT2D eigenvalue weighted by atomic mass is 10.1. The zero-order valence-electron chi connectivity index (χ0n) is 8.75. The predicted molar refractivity (Wildman–Crippen MR) is 58.2 cm³/mol. The summed E-state index contributed by atoms with van der Waals surface area (Å²) in [5.41, 5.74) is 7.15. The van der Waals surface area contributed by atoms with E-state index in [2.05, 4.69) is 5.32 Å². The molecule has 0 bridgehead atoms. The van der Waals surface area contributed by atoms with Gasteiger partial charge in [0.1, 0.15) is 0 Å². The number of nitrogen functional groups attached to an aromatic ring is 1. The van der Waals surface area contributed by atoms with Gasteiger partial charge in [0.25, 0.3) is 6.43 Å². The molecule has 0 saturated carbocycles. The summed E-state index contributed by atoms with van der Waals surface area (Å²) in [4.78, 5) is 11.1. The smallest absolute Gasteiger partial charge is 0.255 e. The molecule has 0 radical (unpaired) electrons. The summed E-state index contributed by atoms with van der Waals surface area (Å²) in [6.45, 7) is -0.594. The van der Waals surface area contributed by atoms with E-state index in [1.807, 2.05) is 12.1 Å². The van der Waals surface area contributed by atoms with Crippen LogP contribution in [-0.4, -0.2) is 18.9 Å². The number of alkyl halides is 2. The lowest BCUT2D eigenvalue weighted by Gasteiger charge is -2.06. The molecule has 0 heterocycles. The highest BCUT2D eigenvalue weighted by Crippen LogP contribution is 2.12. The van der Waals surface area contributed by atoms with E-state index < -0.39 is 13.0 Å². The molecule has 3 N–H and O–H groups in total. The van der Waals surface area contributed by atoms with Crippen LogP contribution in [0.3, 0.4) is 0 Å². The Hall–Kier alpha value is -1.65. The molecule has 0 aliphatic carbocycles. The van der Waals surface area contributed by atoms with Crippen molar-refractivity contribution in [3.05, 3.63) is 29.8 Å². The third-order valence-corrected chi connectivity index (χ3v) is 2.13. The number of rotatable bonds is 5. The van der Waals surface area contributed by atoms with E-state index in [0.717, 1.165) is 5.56 Å². The number of amides is 1. The van der Waals surface area contributed by atoms with Gasteiger partial charge in [0.05, 0.1) is 6.54 Å². The van der Waals surface area contributed by atoms with Gasteiger partial charge < -0.3 is 11.1 Å². The fourth-order valence-corrected chi connectivity index (χ4v) is 1.29. The number of hydrogen-bond donors (Lipinski definition) is 2. The first-order valence-electron chi connectivity index (χ1n) is 4.98. The SMILES string of the molecule is Nc1ccccc1CCC(=O)NCC(F)F. The number of hydrogen-bond acceptors (Lipinski definition) is 2. The largest absolute Gasteiger partial charge is 0.399 e. The minimum atomic E-state index is -2.51. The van der Waals surface area contributed by atoms with Gasteiger partial charge in [-0.25, -0.2) is 8.78 Å². The van der Waals surface area contributed by atoms with E-state index in [1.54, 1.807) is 12.1 Å². The number of carbonyl (C=O) groups is 1. The van der Waals surface area contributed by atoms with Crippen molar-refractivity contribution in [1.29, 1.82) is 0 Å². The topological polar surface area (TPSA) is 55.1 Å². The molecule has 0 unspecified atom stereocenters. The molecule has 5 heteroatoms. The molecular weight excluding hydrogens is 214 g/mol. The van der Waals surface area contributed by atoms with E-state index in [9.17, 15) is 13.6 Å². The Morgan fingerprint density at radius 2 is 2.06 bits per heavy atom. The third-order valence-electron chi connectivity index (χ3n) is 2.13. The Labute approximate surface area is 92.6 Å². The summed E-state index contributed by atoms with van der Waals surface area (Å²) in [5.74, 6) is -0.386. The van der Waals surface area contributed by atoms with E-state index in [0.29, 0.717) is 12.1 Å². The van der Waals surface area contributed by atoms with Gasteiger partial charge in [-0.1, -0.05) is 18.2 Å². The van der Waals surface area contributed by atoms with Crippen LogP contribution in [0.15, 0.2) is 24.3 Å². The van der Waals surface area contributed by atoms with Crippen LogP contribution < -0.4 is 11.1 Å². The first-order valence-corrected chi connectivity index (χ1v) is 4.98. The maximum Gasteiger partial charge on any atom is 0.255 e. The average Bonchev–Trinajstić information content (AvgIpc) is 2.25. The summed E-state index contributed by atoms with van der Waals surface area (Å²) in [6.07, 6.45) is -1.88. The summed E-state index contributed by atoms with van der Waals surface area (Å²) in [6, 6.07) is 7.18. The molecule has 0 atom stereocenters. The van der Waals surface area contributed by atoms with Crippen molar-refractivity contribution < 1.29 is 13.6 Å². The number of carbonyl (C=O) groups excluding carboxylic acids is 1. The van der Waals surface area contributed by atoms with E-state index >= 15 is 0 Å². The Morgan fingerprint density at radius 3 is 2.69 bits per heavy atom. The number of benzene rings is 1. The van der Waals surface area contributed by atoms with Crippen molar-refractivity contribution in [2.24, 2.45) is 0 Å². The molecule has 0 aromatic heterocycles. The van der Waals surface area contributed by atoms with Gasteiger partial charge >= 0.3 is 0 Å².